The Balaban J connectivity index is 1.88. The van der Waals surface area contributed by atoms with Crippen molar-refractivity contribution in [2.45, 2.75) is 12.5 Å². The zero-order valence-electron chi connectivity index (χ0n) is 15.7. The van der Waals surface area contributed by atoms with E-state index in [2.05, 4.69) is 19.1 Å². The van der Waals surface area contributed by atoms with Gasteiger partial charge in [0, 0.05) is 30.4 Å². The first-order chi connectivity index (χ1) is 13.5. The summed E-state index contributed by atoms with van der Waals surface area (Å²) in [6.45, 7) is 1.45. The van der Waals surface area contributed by atoms with Crippen LogP contribution in [0.4, 0.5) is 0 Å². The Morgan fingerprint density at radius 3 is 2.79 bits per heavy atom. The van der Waals surface area contributed by atoms with Gasteiger partial charge in [0.1, 0.15) is 5.58 Å². The van der Waals surface area contributed by atoms with E-state index in [-0.39, 0.29) is 17.1 Å². The molecular formula is C21H21ClN3O3+. The molecule has 1 aliphatic rings. The zero-order valence-corrected chi connectivity index (χ0v) is 16.5. The standard InChI is InChI=1S/C21H20ClN3O3/c1-24(2)9-4-10-25-18(13-5-3-8-23-12-13)17-19(26)15-11-14(22)6-7-16(15)28-20(17)21(25)27/h3,5-8,11-12,18H,4,9-10H2,1-2H3/p+1/t18-/m0/s1. The third-order valence-corrected chi connectivity index (χ3v) is 5.24. The molecule has 3 aromatic rings. The van der Waals surface area contributed by atoms with Crippen molar-refractivity contribution in [1.29, 1.82) is 0 Å². The summed E-state index contributed by atoms with van der Waals surface area (Å²) in [6.07, 6.45) is 4.18. The lowest BCUT2D eigenvalue weighted by Gasteiger charge is -2.25. The normalized spacial score (nSPS) is 16.2. The molecule has 1 aliphatic heterocycles. The average Bonchev–Trinajstić information content (AvgIpc) is 2.95. The smallest absolute Gasteiger partial charge is 0.290 e. The molecule has 0 spiro atoms. The molecule has 2 aromatic heterocycles. The quantitative estimate of drug-likeness (QED) is 0.713. The van der Waals surface area contributed by atoms with Crippen LogP contribution in [0.3, 0.4) is 0 Å². The van der Waals surface area contributed by atoms with Gasteiger partial charge in [-0.05, 0) is 29.8 Å². The Labute approximate surface area is 167 Å². The van der Waals surface area contributed by atoms with Crippen molar-refractivity contribution in [3.05, 3.63) is 74.9 Å². The second-order valence-corrected chi connectivity index (χ2v) is 7.75. The van der Waals surface area contributed by atoms with Gasteiger partial charge in [0.2, 0.25) is 5.76 Å². The van der Waals surface area contributed by atoms with E-state index in [0.29, 0.717) is 28.1 Å². The number of hydrogen-bond acceptors (Lipinski definition) is 4. The van der Waals surface area contributed by atoms with Gasteiger partial charge in [-0.15, -0.1) is 0 Å². The number of quaternary nitrogens is 1. The molecule has 1 amide bonds. The molecule has 0 fully saturated rings. The molecule has 4 rings (SSSR count). The molecule has 0 saturated carbocycles. The van der Waals surface area contributed by atoms with Crippen molar-refractivity contribution in [3.63, 3.8) is 0 Å². The predicted molar refractivity (Wildman–Crippen MR) is 107 cm³/mol. The third-order valence-electron chi connectivity index (χ3n) is 5.00. The van der Waals surface area contributed by atoms with Crippen LogP contribution in [0, 0.1) is 0 Å². The molecule has 1 aromatic carbocycles. The second-order valence-electron chi connectivity index (χ2n) is 7.31. The summed E-state index contributed by atoms with van der Waals surface area (Å²) in [5, 5.41) is 0.834. The van der Waals surface area contributed by atoms with Crippen molar-refractivity contribution in [1.82, 2.24) is 9.88 Å². The SMILES string of the molecule is C[NH+](C)CCCN1C(=O)c2oc3ccc(Cl)cc3c(=O)c2[C@@H]1c1cccnc1. The highest BCUT2D eigenvalue weighted by Crippen LogP contribution is 2.38. The minimum Gasteiger partial charge on any atom is -0.450 e. The molecule has 28 heavy (non-hydrogen) atoms. The first-order valence-electron chi connectivity index (χ1n) is 9.23. The Kier molecular flexibility index (Phi) is 4.91. The largest absolute Gasteiger partial charge is 0.450 e. The van der Waals surface area contributed by atoms with Gasteiger partial charge in [-0.25, -0.2) is 0 Å². The molecule has 6 nitrogen and oxygen atoms in total. The Morgan fingerprint density at radius 1 is 1.25 bits per heavy atom. The Bertz CT molecular complexity index is 1100. The van der Waals surface area contributed by atoms with Gasteiger partial charge in [-0.2, -0.15) is 0 Å². The van der Waals surface area contributed by atoms with Gasteiger partial charge < -0.3 is 14.2 Å². The van der Waals surface area contributed by atoms with E-state index in [9.17, 15) is 9.59 Å². The summed E-state index contributed by atoms with van der Waals surface area (Å²) in [6, 6.07) is 8.04. The van der Waals surface area contributed by atoms with Gasteiger partial charge in [-0.3, -0.25) is 14.6 Å². The molecule has 0 aliphatic carbocycles. The van der Waals surface area contributed by atoms with Gasteiger partial charge in [-0.1, -0.05) is 17.7 Å². The third kappa shape index (κ3) is 3.19. The number of aromatic nitrogens is 1. The van der Waals surface area contributed by atoms with Crippen LogP contribution in [0.2, 0.25) is 5.02 Å². The predicted octanol–water partition coefficient (Wildman–Crippen LogP) is 1.92. The number of nitrogens with one attached hydrogen (secondary N) is 1. The van der Waals surface area contributed by atoms with Crippen molar-refractivity contribution < 1.29 is 14.1 Å². The minimum absolute atomic E-state index is 0.117. The van der Waals surface area contributed by atoms with Crippen LogP contribution in [0.15, 0.2) is 51.9 Å². The molecule has 0 saturated heterocycles. The minimum atomic E-state index is -0.506. The molecule has 0 radical (unpaired) electrons. The number of rotatable bonds is 5. The number of amides is 1. The van der Waals surface area contributed by atoms with E-state index in [1.807, 2.05) is 6.07 Å². The van der Waals surface area contributed by atoms with Crippen LogP contribution in [0.25, 0.3) is 11.0 Å². The first kappa shape index (κ1) is 18.7. The van der Waals surface area contributed by atoms with Gasteiger partial charge in [0.05, 0.1) is 37.6 Å². The summed E-state index contributed by atoms with van der Waals surface area (Å²) in [5.74, 6) is -0.141. The fraction of sp³-hybridized carbons (Fsp3) is 0.286. The van der Waals surface area contributed by atoms with Crippen LogP contribution in [0.1, 0.15) is 34.1 Å². The van der Waals surface area contributed by atoms with E-state index in [1.165, 1.54) is 4.90 Å². The number of carbonyl (C=O) groups is 1. The van der Waals surface area contributed by atoms with E-state index in [1.54, 1.807) is 41.6 Å². The Morgan fingerprint density at radius 2 is 2.07 bits per heavy atom. The van der Waals surface area contributed by atoms with Crippen molar-refractivity contribution in [2.24, 2.45) is 0 Å². The number of benzene rings is 1. The highest BCUT2D eigenvalue weighted by atomic mass is 35.5. The molecule has 0 bridgehead atoms. The molecule has 1 N–H and O–H groups in total. The molecule has 1 atom stereocenters. The van der Waals surface area contributed by atoms with E-state index in [4.69, 9.17) is 16.0 Å². The lowest BCUT2D eigenvalue weighted by molar-refractivity contribution is -0.858. The maximum absolute atomic E-state index is 13.3. The zero-order chi connectivity index (χ0) is 19.8. The lowest BCUT2D eigenvalue weighted by atomic mass is 10.00. The number of carbonyl (C=O) groups excluding carboxylic acids is 1. The fourth-order valence-corrected chi connectivity index (χ4v) is 3.88. The van der Waals surface area contributed by atoms with Gasteiger partial charge in [0.15, 0.2) is 5.43 Å². The summed E-state index contributed by atoms with van der Waals surface area (Å²) < 4.78 is 5.89. The van der Waals surface area contributed by atoms with Crippen LogP contribution in [-0.2, 0) is 0 Å². The highest BCUT2D eigenvalue weighted by Gasteiger charge is 2.42. The van der Waals surface area contributed by atoms with Crippen LogP contribution in [-0.4, -0.2) is 43.0 Å². The topological polar surface area (TPSA) is 67.8 Å². The Hall–Kier alpha value is -2.70. The first-order valence-corrected chi connectivity index (χ1v) is 9.61. The monoisotopic (exact) mass is 398 g/mol. The lowest BCUT2D eigenvalue weighted by Crippen LogP contribution is -3.05. The van der Waals surface area contributed by atoms with Crippen molar-refractivity contribution in [2.75, 3.05) is 27.2 Å². The van der Waals surface area contributed by atoms with E-state index < -0.39 is 6.04 Å². The number of nitrogens with zero attached hydrogens (tertiary/aromatic N) is 2. The maximum Gasteiger partial charge on any atom is 0.290 e. The molecular weight excluding hydrogens is 378 g/mol. The number of halogens is 1. The molecule has 3 heterocycles. The number of fused-ring (bicyclic) bond motifs is 2. The van der Waals surface area contributed by atoms with Gasteiger partial charge >= 0.3 is 0 Å². The maximum atomic E-state index is 13.3. The average molecular weight is 399 g/mol. The van der Waals surface area contributed by atoms with Gasteiger partial charge in [0.25, 0.3) is 5.91 Å². The molecule has 144 valence electrons. The molecule has 0 unspecified atom stereocenters. The second kappa shape index (κ2) is 7.37. The highest BCUT2D eigenvalue weighted by molar-refractivity contribution is 6.31. The van der Waals surface area contributed by atoms with E-state index in [0.717, 1.165) is 18.5 Å². The van der Waals surface area contributed by atoms with Crippen LogP contribution in [0.5, 0.6) is 0 Å². The van der Waals surface area contributed by atoms with E-state index >= 15 is 0 Å². The number of hydrogen-bond donors (Lipinski definition) is 1. The molecule has 7 heteroatoms. The number of pyridine rings is 1. The van der Waals surface area contributed by atoms with Crippen LogP contribution >= 0.6 is 11.6 Å². The summed E-state index contributed by atoms with van der Waals surface area (Å²) in [7, 11) is 4.14. The summed E-state index contributed by atoms with van der Waals surface area (Å²) in [5.41, 5.74) is 1.30. The summed E-state index contributed by atoms with van der Waals surface area (Å²) >= 11 is 6.08. The van der Waals surface area contributed by atoms with Crippen molar-refractivity contribution >= 4 is 28.5 Å². The fourth-order valence-electron chi connectivity index (χ4n) is 3.71. The van der Waals surface area contributed by atoms with Crippen LogP contribution < -0.4 is 10.3 Å². The summed E-state index contributed by atoms with van der Waals surface area (Å²) in [4.78, 5) is 33.7. The van der Waals surface area contributed by atoms with Crippen molar-refractivity contribution in [3.8, 4) is 0 Å².